The predicted molar refractivity (Wildman–Crippen MR) is 68.8 cm³/mol. The molecule has 0 saturated heterocycles. The number of methoxy groups -OCH3 is 1. The van der Waals surface area contributed by atoms with Crippen molar-refractivity contribution >= 4 is 17.3 Å². The molecule has 3 nitrogen and oxygen atoms in total. The molecule has 0 aliphatic rings. The van der Waals surface area contributed by atoms with Gasteiger partial charge in [0.25, 0.3) is 0 Å². The van der Waals surface area contributed by atoms with Crippen molar-refractivity contribution in [2.75, 3.05) is 12.8 Å². The number of rotatable bonds is 3. The molecule has 0 heterocycles. The number of hydrogen-bond donors (Lipinski definition) is 1. The summed E-state index contributed by atoms with van der Waals surface area (Å²) in [5, 5.41) is 0.0858. The van der Waals surface area contributed by atoms with Crippen molar-refractivity contribution in [3.05, 3.63) is 47.0 Å². The average molecular weight is 286 g/mol. The molecule has 2 rings (SSSR count). The number of halogens is 3. The van der Waals surface area contributed by atoms with Gasteiger partial charge < -0.3 is 15.2 Å². The van der Waals surface area contributed by atoms with Crippen LogP contribution < -0.4 is 15.2 Å². The van der Waals surface area contributed by atoms with E-state index in [4.69, 9.17) is 26.8 Å². The highest BCUT2D eigenvalue weighted by Gasteiger charge is 2.12. The lowest BCUT2D eigenvalue weighted by Crippen LogP contribution is -1.96. The van der Waals surface area contributed by atoms with Crippen molar-refractivity contribution in [2.45, 2.75) is 0 Å². The van der Waals surface area contributed by atoms with Crippen LogP contribution in [0.25, 0.3) is 0 Å². The van der Waals surface area contributed by atoms with Gasteiger partial charge in [-0.25, -0.2) is 8.78 Å². The summed E-state index contributed by atoms with van der Waals surface area (Å²) in [4.78, 5) is 0. The standard InChI is InChI=1S/C13H10ClF2NO2/c1-18-12-6-13(10(17)5-9(12)16)19-11-3-2-7(15)4-8(11)14/h2-6H,17H2,1H3. The van der Waals surface area contributed by atoms with Gasteiger partial charge in [0.05, 0.1) is 17.8 Å². The van der Waals surface area contributed by atoms with Gasteiger partial charge in [0.1, 0.15) is 11.6 Å². The number of hydrogen-bond acceptors (Lipinski definition) is 3. The van der Waals surface area contributed by atoms with Crippen molar-refractivity contribution < 1.29 is 18.3 Å². The van der Waals surface area contributed by atoms with Gasteiger partial charge in [0.2, 0.25) is 0 Å². The van der Waals surface area contributed by atoms with Crippen LogP contribution in [0, 0.1) is 11.6 Å². The van der Waals surface area contributed by atoms with Crippen LogP contribution >= 0.6 is 11.6 Å². The number of nitrogen functional groups attached to an aromatic ring is 1. The molecular formula is C13H10ClF2NO2. The van der Waals surface area contributed by atoms with Crippen LogP contribution in [-0.2, 0) is 0 Å². The molecule has 0 atom stereocenters. The fourth-order valence-electron chi connectivity index (χ4n) is 1.47. The second-order valence-electron chi connectivity index (χ2n) is 3.70. The van der Waals surface area contributed by atoms with Crippen molar-refractivity contribution in [1.82, 2.24) is 0 Å². The molecule has 0 saturated carbocycles. The topological polar surface area (TPSA) is 44.5 Å². The van der Waals surface area contributed by atoms with Crippen molar-refractivity contribution in [2.24, 2.45) is 0 Å². The summed E-state index contributed by atoms with van der Waals surface area (Å²) in [7, 11) is 1.32. The van der Waals surface area contributed by atoms with Crippen LogP contribution in [0.5, 0.6) is 17.2 Å². The Balaban J connectivity index is 2.37. The third kappa shape index (κ3) is 2.88. The lowest BCUT2D eigenvalue weighted by Gasteiger charge is -2.12. The monoisotopic (exact) mass is 285 g/mol. The van der Waals surface area contributed by atoms with Crippen molar-refractivity contribution in [3.8, 4) is 17.2 Å². The molecule has 100 valence electrons. The number of benzene rings is 2. The molecule has 0 unspecified atom stereocenters. The minimum atomic E-state index is -0.599. The Bertz CT molecular complexity index is 620. The lowest BCUT2D eigenvalue weighted by atomic mass is 10.2. The summed E-state index contributed by atoms with van der Waals surface area (Å²) in [5.41, 5.74) is 5.72. The predicted octanol–water partition coefficient (Wildman–Crippen LogP) is 4.00. The summed E-state index contributed by atoms with van der Waals surface area (Å²) < 4.78 is 36.5. The molecule has 0 radical (unpaired) electrons. The number of ether oxygens (including phenoxy) is 2. The highest BCUT2D eigenvalue weighted by molar-refractivity contribution is 6.32. The van der Waals surface area contributed by atoms with Gasteiger partial charge in [-0.15, -0.1) is 0 Å². The smallest absolute Gasteiger partial charge is 0.167 e. The Morgan fingerprint density at radius 1 is 1.05 bits per heavy atom. The Labute approximate surface area is 113 Å². The van der Waals surface area contributed by atoms with Gasteiger partial charge in [-0.3, -0.25) is 0 Å². The van der Waals surface area contributed by atoms with Gasteiger partial charge in [0, 0.05) is 12.1 Å². The van der Waals surface area contributed by atoms with E-state index in [1.165, 1.54) is 25.3 Å². The molecule has 2 N–H and O–H groups in total. The van der Waals surface area contributed by atoms with Crippen molar-refractivity contribution in [3.63, 3.8) is 0 Å². The van der Waals surface area contributed by atoms with Crippen LogP contribution in [0.15, 0.2) is 30.3 Å². The summed E-state index contributed by atoms with van der Waals surface area (Å²) in [5.74, 6) is -0.711. The minimum absolute atomic E-state index is 0.0116. The second-order valence-corrected chi connectivity index (χ2v) is 4.11. The zero-order valence-electron chi connectivity index (χ0n) is 9.91. The van der Waals surface area contributed by atoms with E-state index in [-0.39, 0.29) is 28.0 Å². The summed E-state index contributed by atoms with van der Waals surface area (Å²) in [6.07, 6.45) is 0. The van der Waals surface area contributed by atoms with E-state index in [0.29, 0.717) is 0 Å². The molecule has 19 heavy (non-hydrogen) atoms. The van der Waals surface area contributed by atoms with E-state index < -0.39 is 11.6 Å². The highest BCUT2D eigenvalue weighted by atomic mass is 35.5. The average Bonchev–Trinajstić information content (AvgIpc) is 2.35. The molecule has 6 heteroatoms. The van der Waals surface area contributed by atoms with E-state index in [0.717, 1.165) is 12.1 Å². The quantitative estimate of drug-likeness (QED) is 0.867. The SMILES string of the molecule is COc1cc(Oc2ccc(F)cc2Cl)c(N)cc1F. The molecule has 2 aromatic rings. The Kier molecular flexibility index (Phi) is 3.76. The first-order chi connectivity index (χ1) is 9.01. The van der Waals surface area contributed by atoms with E-state index in [1.54, 1.807) is 0 Å². The van der Waals surface area contributed by atoms with Gasteiger partial charge in [-0.1, -0.05) is 11.6 Å². The zero-order chi connectivity index (χ0) is 14.0. The largest absolute Gasteiger partial charge is 0.494 e. The Hall–Kier alpha value is -2.01. The molecule has 0 spiro atoms. The van der Waals surface area contributed by atoms with Gasteiger partial charge in [-0.05, 0) is 18.2 Å². The number of anilines is 1. The van der Waals surface area contributed by atoms with Crippen LogP contribution in [0.3, 0.4) is 0 Å². The minimum Gasteiger partial charge on any atom is -0.494 e. The maximum Gasteiger partial charge on any atom is 0.167 e. The fourth-order valence-corrected chi connectivity index (χ4v) is 1.68. The molecule has 0 bridgehead atoms. The van der Waals surface area contributed by atoms with Crippen LogP contribution in [-0.4, -0.2) is 7.11 Å². The van der Waals surface area contributed by atoms with Crippen LogP contribution in [0.2, 0.25) is 5.02 Å². The van der Waals surface area contributed by atoms with Crippen LogP contribution in [0.1, 0.15) is 0 Å². The summed E-state index contributed by atoms with van der Waals surface area (Å²) in [6, 6.07) is 6.02. The number of nitrogens with two attached hydrogens (primary N) is 1. The Morgan fingerprint density at radius 3 is 2.42 bits per heavy atom. The lowest BCUT2D eigenvalue weighted by molar-refractivity contribution is 0.382. The summed E-state index contributed by atoms with van der Waals surface area (Å²) in [6.45, 7) is 0. The molecule has 0 amide bonds. The second kappa shape index (κ2) is 5.32. The first-order valence-corrected chi connectivity index (χ1v) is 5.65. The molecule has 0 aromatic heterocycles. The first kappa shape index (κ1) is 13.4. The molecule has 0 aliphatic carbocycles. The molecule has 2 aromatic carbocycles. The van der Waals surface area contributed by atoms with Crippen LogP contribution in [0.4, 0.5) is 14.5 Å². The van der Waals surface area contributed by atoms with E-state index in [1.807, 2.05) is 0 Å². The fraction of sp³-hybridized carbons (Fsp3) is 0.0769. The summed E-state index contributed by atoms with van der Waals surface area (Å²) >= 11 is 5.83. The van der Waals surface area contributed by atoms with Crippen molar-refractivity contribution in [1.29, 1.82) is 0 Å². The first-order valence-electron chi connectivity index (χ1n) is 5.27. The molecule has 0 fully saturated rings. The molecule has 0 aliphatic heterocycles. The van der Waals surface area contributed by atoms with Gasteiger partial charge in [-0.2, -0.15) is 0 Å². The van der Waals surface area contributed by atoms with E-state index in [9.17, 15) is 8.78 Å². The normalized spacial score (nSPS) is 10.3. The van der Waals surface area contributed by atoms with Gasteiger partial charge in [0.15, 0.2) is 17.3 Å². The van der Waals surface area contributed by atoms with E-state index >= 15 is 0 Å². The van der Waals surface area contributed by atoms with E-state index in [2.05, 4.69) is 0 Å². The third-order valence-electron chi connectivity index (χ3n) is 2.40. The highest BCUT2D eigenvalue weighted by Crippen LogP contribution is 2.36. The maximum absolute atomic E-state index is 13.4. The molecular weight excluding hydrogens is 276 g/mol. The zero-order valence-corrected chi connectivity index (χ0v) is 10.7. The van der Waals surface area contributed by atoms with Gasteiger partial charge >= 0.3 is 0 Å². The Morgan fingerprint density at radius 2 is 1.79 bits per heavy atom. The third-order valence-corrected chi connectivity index (χ3v) is 2.69. The maximum atomic E-state index is 13.4.